The lowest BCUT2D eigenvalue weighted by Crippen LogP contribution is -2.41. The van der Waals surface area contributed by atoms with Crippen LogP contribution in [0.5, 0.6) is 0 Å². The van der Waals surface area contributed by atoms with Gasteiger partial charge in [-0.2, -0.15) is 0 Å². The first-order chi connectivity index (χ1) is 14.3. The molecule has 1 N–H and O–H groups in total. The molecule has 2 aromatic carbocycles. The quantitative estimate of drug-likeness (QED) is 0.702. The Morgan fingerprint density at radius 2 is 1.66 bits per heavy atom. The van der Waals surface area contributed by atoms with Crippen LogP contribution in [0, 0.1) is 0 Å². The first-order valence-corrected chi connectivity index (χ1v) is 9.89. The number of hydrogen-bond acceptors (Lipinski definition) is 5. The van der Waals surface area contributed by atoms with Crippen molar-refractivity contribution in [2.75, 3.05) is 38.2 Å². The van der Waals surface area contributed by atoms with Gasteiger partial charge in [-0.05, 0) is 12.0 Å². The molecular formula is C23H24N4O2. The number of anilines is 1. The first kappa shape index (κ1) is 19.1. The van der Waals surface area contributed by atoms with E-state index in [-0.39, 0.29) is 5.91 Å². The van der Waals surface area contributed by atoms with Crippen LogP contribution in [0.15, 0.2) is 66.7 Å². The lowest BCUT2D eigenvalue weighted by molar-refractivity contribution is 0.0299. The minimum atomic E-state index is -0.0843. The third kappa shape index (κ3) is 4.97. The lowest BCUT2D eigenvalue weighted by atomic mass is 10.1. The number of carbonyl (C=O) groups excluding carboxylic acids is 1. The van der Waals surface area contributed by atoms with Gasteiger partial charge in [0, 0.05) is 31.3 Å². The molecule has 29 heavy (non-hydrogen) atoms. The van der Waals surface area contributed by atoms with Gasteiger partial charge in [-0.25, -0.2) is 9.97 Å². The minimum absolute atomic E-state index is 0.0843. The van der Waals surface area contributed by atoms with Gasteiger partial charge < -0.3 is 15.0 Å². The van der Waals surface area contributed by atoms with Gasteiger partial charge >= 0.3 is 0 Å². The number of nitrogens with zero attached hydrogens (tertiary/aromatic N) is 3. The van der Waals surface area contributed by atoms with E-state index in [2.05, 4.69) is 27.4 Å². The molecule has 0 unspecified atom stereocenters. The van der Waals surface area contributed by atoms with Crippen molar-refractivity contribution in [3.8, 4) is 11.4 Å². The molecule has 1 saturated heterocycles. The number of nitrogens with one attached hydrogen (secondary N) is 1. The second-order valence-electron chi connectivity index (χ2n) is 6.90. The molecule has 0 aliphatic carbocycles. The molecule has 0 spiro atoms. The molecule has 0 bridgehead atoms. The van der Waals surface area contributed by atoms with Crippen molar-refractivity contribution in [2.24, 2.45) is 0 Å². The van der Waals surface area contributed by atoms with Crippen LogP contribution < -0.4 is 5.32 Å². The SMILES string of the molecule is O=C(c1cc(NCCc2ccccc2)nc(-c2ccccc2)n1)N1CCOCC1. The number of amides is 1. The largest absolute Gasteiger partial charge is 0.378 e. The maximum absolute atomic E-state index is 13.0. The highest BCUT2D eigenvalue weighted by Gasteiger charge is 2.21. The number of rotatable bonds is 6. The van der Waals surface area contributed by atoms with Gasteiger partial charge in [0.05, 0.1) is 13.2 Å². The monoisotopic (exact) mass is 388 g/mol. The number of aromatic nitrogens is 2. The Bertz CT molecular complexity index is 942. The molecule has 0 saturated carbocycles. The summed E-state index contributed by atoms with van der Waals surface area (Å²) in [6, 6.07) is 21.8. The van der Waals surface area contributed by atoms with E-state index < -0.39 is 0 Å². The summed E-state index contributed by atoms with van der Waals surface area (Å²) in [4.78, 5) is 24.0. The molecule has 4 rings (SSSR count). The fourth-order valence-corrected chi connectivity index (χ4v) is 3.27. The molecule has 0 atom stereocenters. The molecule has 1 aliphatic rings. The van der Waals surface area contributed by atoms with E-state index in [0.29, 0.717) is 43.6 Å². The van der Waals surface area contributed by atoms with Crippen molar-refractivity contribution < 1.29 is 9.53 Å². The number of morpholine rings is 1. The zero-order chi connectivity index (χ0) is 19.9. The van der Waals surface area contributed by atoms with Crippen molar-refractivity contribution in [3.05, 3.63) is 78.0 Å². The first-order valence-electron chi connectivity index (χ1n) is 9.89. The second kappa shape index (κ2) is 9.30. The molecule has 2 heterocycles. The van der Waals surface area contributed by atoms with Crippen molar-refractivity contribution in [1.82, 2.24) is 14.9 Å². The number of carbonyl (C=O) groups is 1. The zero-order valence-electron chi connectivity index (χ0n) is 16.3. The maximum atomic E-state index is 13.0. The maximum Gasteiger partial charge on any atom is 0.272 e. The van der Waals surface area contributed by atoms with Gasteiger partial charge in [-0.15, -0.1) is 0 Å². The van der Waals surface area contributed by atoms with Gasteiger partial charge in [0.25, 0.3) is 5.91 Å². The third-order valence-electron chi connectivity index (χ3n) is 4.84. The van der Waals surface area contributed by atoms with Crippen LogP contribution in [0.3, 0.4) is 0 Å². The Morgan fingerprint density at radius 3 is 2.38 bits per heavy atom. The van der Waals surface area contributed by atoms with Gasteiger partial charge in [0.2, 0.25) is 0 Å². The Kier molecular flexibility index (Phi) is 6.12. The van der Waals surface area contributed by atoms with E-state index in [0.717, 1.165) is 18.5 Å². The smallest absolute Gasteiger partial charge is 0.272 e. The molecule has 6 nitrogen and oxygen atoms in total. The summed E-state index contributed by atoms with van der Waals surface area (Å²) in [7, 11) is 0. The van der Waals surface area contributed by atoms with Crippen LogP contribution in [-0.2, 0) is 11.2 Å². The van der Waals surface area contributed by atoms with Crippen LogP contribution in [-0.4, -0.2) is 53.6 Å². The van der Waals surface area contributed by atoms with Crippen molar-refractivity contribution >= 4 is 11.7 Å². The molecular weight excluding hydrogens is 364 g/mol. The summed E-state index contributed by atoms with van der Waals surface area (Å²) in [6.45, 7) is 3.01. The number of hydrogen-bond donors (Lipinski definition) is 1. The van der Waals surface area contributed by atoms with Crippen LogP contribution in [0.2, 0.25) is 0 Å². The average molecular weight is 388 g/mol. The van der Waals surface area contributed by atoms with E-state index >= 15 is 0 Å². The van der Waals surface area contributed by atoms with Crippen LogP contribution in [0.25, 0.3) is 11.4 Å². The van der Waals surface area contributed by atoms with E-state index in [1.807, 2.05) is 48.5 Å². The summed E-state index contributed by atoms with van der Waals surface area (Å²) in [5.41, 5.74) is 2.54. The molecule has 0 radical (unpaired) electrons. The number of benzene rings is 2. The summed E-state index contributed by atoms with van der Waals surface area (Å²) >= 11 is 0. The fraction of sp³-hybridized carbons (Fsp3) is 0.261. The fourth-order valence-electron chi connectivity index (χ4n) is 3.27. The van der Waals surface area contributed by atoms with E-state index in [1.54, 1.807) is 11.0 Å². The molecule has 6 heteroatoms. The van der Waals surface area contributed by atoms with Gasteiger partial charge in [0.1, 0.15) is 11.5 Å². The Labute approximate surface area is 170 Å². The Balaban J connectivity index is 1.56. The van der Waals surface area contributed by atoms with E-state index in [9.17, 15) is 4.79 Å². The third-order valence-corrected chi connectivity index (χ3v) is 4.84. The van der Waals surface area contributed by atoms with Crippen LogP contribution in [0.4, 0.5) is 5.82 Å². The molecule has 148 valence electrons. The second-order valence-corrected chi connectivity index (χ2v) is 6.90. The highest BCUT2D eigenvalue weighted by Crippen LogP contribution is 2.19. The minimum Gasteiger partial charge on any atom is -0.378 e. The van der Waals surface area contributed by atoms with Crippen molar-refractivity contribution in [3.63, 3.8) is 0 Å². The summed E-state index contributed by atoms with van der Waals surface area (Å²) < 4.78 is 5.36. The van der Waals surface area contributed by atoms with Gasteiger partial charge in [-0.3, -0.25) is 4.79 Å². The van der Waals surface area contributed by atoms with Crippen LogP contribution >= 0.6 is 0 Å². The van der Waals surface area contributed by atoms with Crippen molar-refractivity contribution in [1.29, 1.82) is 0 Å². The predicted octanol–water partition coefficient (Wildman–Crippen LogP) is 3.27. The van der Waals surface area contributed by atoms with E-state index in [1.165, 1.54) is 5.56 Å². The Morgan fingerprint density at radius 1 is 0.966 bits per heavy atom. The molecule has 1 amide bonds. The molecule has 1 aliphatic heterocycles. The average Bonchev–Trinajstić information content (AvgIpc) is 2.80. The highest BCUT2D eigenvalue weighted by atomic mass is 16.5. The summed E-state index contributed by atoms with van der Waals surface area (Å²) in [5.74, 6) is 1.12. The van der Waals surface area contributed by atoms with Gasteiger partial charge in [0.15, 0.2) is 5.82 Å². The van der Waals surface area contributed by atoms with E-state index in [4.69, 9.17) is 4.74 Å². The van der Waals surface area contributed by atoms with Crippen molar-refractivity contribution in [2.45, 2.75) is 6.42 Å². The highest BCUT2D eigenvalue weighted by molar-refractivity contribution is 5.93. The standard InChI is InChI=1S/C23H24N4O2/c28-23(27-13-15-29-16-14-27)20-17-21(24-12-11-18-7-3-1-4-8-18)26-22(25-20)19-9-5-2-6-10-19/h1-10,17H,11-16H2,(H,24,25,26). The summed E-state index contributed by atoms with van der Waals surface area (Å²) in [5, 5.41) is 3.35. The van der Waals surface area contributed by atoms with Gasteiger partial charge in [-0.1, -0.05) is 60.7 Å². The number of ether oxygens (including phenoxy) is 1. The summed E-state index contributed by atoms with van der Waals surface area (Å²) in [6.07, 6.45) is 0.873. The normalized spacial score (nSPS) is 13.9. The Hall–Kier alpha value is -3.25. The lowest BCUT2D eigenvalue weighted by Gasteiger charge is -2.26. The predicted molar refractivity (Wildman–Crippen MR) is 113 cm³/mol. The molecule has 3 aromatic rings. The topological polar surface area (TPSA) is 67.4 Å². The zero-order valence-corrected chi connectivity index (χ0v) is 16.3. The molecule has 1 fully saturated rings. The molecule has 1 aromatic heterocycles. The van der Waals surface area contributed by atoms with Crippen LogP contribution in [0.1, 0.15) is 16.1 Å².